The van der Waals surface area contributed by atoms with Gasteiger partial charge < -0.3 is 10.1 Å². The van der Waals surface area contributed by atoms with Crippen LogP contribution in [-0.2, 0) is 0 Å². The second-order valence-corrected chi connectivity index (χ2v) is 5.13. The quantitative estimate of drug-likeness (QED) is 0.901. The molecule has 2 atom stereocenters. The van der Waals surface area contributed by atoms with Crippen molar-refractivity contribution in [1.82, 2.24) is 5.32 Å². The molecular weight excluding hydrogens is 262 g/mol. The molecule has 0 aromatic heterocycles. The Kier molecular flexibility index (Phi) is 4.56. The van der Waals surface area contributed by atoms with Crippen LogP contribution in [0.4, 0.5) is 8.78 Å². The fraction of sp³-hybridized carbons (Fsp3) is 0.533. The molecule has 0 heterocycles. The summed E-state index contributed by atoms with van der Waals surface area (Å²) < 4.78 is 31.5. The molecule has 1 aromatic rings. The smallest absolute Gasteiger partial charge is 0.167 e. The van der Waals surface area contributed by atoms with Crippen molar-refractivity contribution in [2.24, 2.45) is 5.92 Å². The molecule has 2 unspecified atom stereocenters. The SMILES string of the molecule is CNC1(C#N)CCCC1CCOc1ccc(F)cc1F. The normalized spacial score (nSPS) is 25.4. The summed E-state index contributed by atoms with van der Waals surface area (Å²) in [6, 6.07) is 5.61. The first kappa shape index (κ1) is 14.7. The van der Waals surface area contributed by atoms with Gasteiger partial charge in [-0.1, -0.05) is 6.42 Å². The minimum absolute atomic E-state index is 0.0522. The minimum atomic E-state index is -0.698. The molecule has 20 heavy (non-hydrogen) atoms. The van der Waals surface area contributed by atoms with Crippen LogP contribution < -0.4 is 10.1 Å². The number of hydrogen-bond donors (Lipinski definition) is 1. The molecule has 3 nitrogen and oxygen atoms in total. The highest BCUT2D eigenvalue weighted by Gasteiger charge is 2.41. The Morgan fingerprint density at radius 1 is 1.50 bits per heavy atom. The third-order valence-electron chi connectivity index (χ3n) is 4.08. The Morgan fingerprint density at radius 2 is 2.30 bits per heavy atom. The van der Waals surface area contributed by atoms with Gasteiger partial charge >= 0.3 is 0 Å². The van der Waals surface area contributed by atoms with Crippen molar-refractivity contribution in [1.29, 1.82) is 5.26 Å². The number of nitrogens with zero attached hydrogens (tertiary/aromatic N) is 1. The van der Waals surface area contributed by atoms with Crippen LogP contribution in [0.5, 0.6) is 5.75 Å². The predicted molar refractivity (Wildman–Crippen MR) is 71.2 cm³/mol. The minimum Gasteiger partial charge on any atom is -0.491 e. The van der Waals surface area contributed by atoms with Gasteiger partial charge in [0.2, 0.25) is 0 Å². The van der Waals surface area contributed by atoms with Gasteiger partial charge in [0.05, 0.1) is 12.7 Å². The maximum absolute atomic E-state index is 13.4. The molecule has 1 aliphatic rings. The van der Waals surface area contributed by atoms with E-state index < -0.39 is 17.2 Å². The molecule has 0 amide bonds. The first-order valence-corrected chi connectivity index (χ1v) is 6.79. The summed E-state index contributed by atoms with van der Waals surface area (Å²) >= 11 is 0. The van der Waals surface area contributed by atoms with Crippen molar-refractivity contribution < 1.29 is 13.5 Å². The molecule has 0 radical (unpaired) electrons. The van der Waals surface area contributed by atoms with Gasteiger partial charge in [-0.25, -0.2) is 8.78 Å². The zero-order valence-electron chi connectivity index (χ0n) is 11.5. The van der Waals surface area contributed by atoms with E-state index in [2.05, 4.69) is 11.4 Å². The first-order chi connectivity index (χ1) is 9.61. The summed E-state index contributed by atoms with van der Waals surface area (Å²) in [6.07, 6.45) is 3.47. The second kappa shape index (κ2) is 6.19. The largest absolute Gasteiger partial charge is 0.491 e. The highest BCUT2D eigenvalue weighted by atomic mass is 19.1. The van der Waals surface area contributed by atoms with E-state index >= 15 is 0 Å². The zero-order valence-corrected chi connectivity index (χ0v) is 11.5. The maximum Gasteiger partial charge on any atom is 0.167 e. The summed E-state index contributed by atoms with van der Waals surface area (Å²) in [5.41, 5.74) is -0.495. The van der Waals surface area contributed by atoms with Crippen LogP contribution in [0.25, 0.3) is 0 Å². The van der Waals surface area contributed by atoms with Crippen molar-refractivity contribution in [2.45, 2.75) is 31.2 Å². The Hall–Kier alpha value is -1.67. The van der Waals surface area contributed by atoms with Crippen molar-refractivity contribution in [2.75, 3.05) is 13.7 Å². The van der Waals surface area contributed by atoms with E-state index in [1.807, 2.05) is 0 Å². The Bertz CT molecular complexity index is 515. The van der Waals surface area contributed by atoms with Gasteiger partial charge in [-0.3, -0.25) is 0 Å². The lowest BCUT2D eigenvalue weighted by atomic mass is 9.86. The second-order valence-electron chi connectivity index (χ2n) is 5.13. The number of halogens is 2. The summed E-state index contributed by atoms with van der Waals surface area (Å²) in [7, 11) is 1.79. The standard InChI is InChI=1S/C15H18F2N2O/c1-19-15(10-18)7-2-3-11(15)6-8-20-14-5-4-12(16)9-13(14)17/h4-5,9,11,19H,2-3,6-8H2,1H3. The van der Waals surface area contributed by atoms with Crippen LogP contribution in [-0.4, -0.2) is 19.2 Å². The van der Waals surface area contributed by atoms with Crippen molar-refractivity contribution >= 4 is 0 Å². The van der Waals surface area contributed by atoms with Gasteiger partial charge in [0.1, 0.15) is 11.4 Å². The Morgan fingerprint density at radius 3 is 2.95 bits per heavy atom. The highest BCUT2D eigenvalue weighted by Crippen LogP contribution is 2.37. The third kappa shape index (κ3) is 2.91. The van der Waals surface area contributed by atoms with E-state index in [-0.39, 0.29) is 11.7 Å². The molecule has 0 aliphatic heterocycles. The van der Waals surface area contributed by atoms with Gasteiger partial charge in [0.15, 0.2) is 11.6 Å². The average Bonchev–Trinajstić information content (AvgIpc) is 2.85. The van der Waals surface area contributed by atoms with Gasteiger partial charge in [0.25, 0.3) is 0 Å². The first-order valence-electron chi connectivity index (χ1n) is 6.79. The molecule has 108 valence electrons. The Labute approximate surface area is 117 Å². The molecule has 1 fully saturated rings. The molecule has 2 rings (SSSR count). The molecule has 1 N–H and O–H groups in total. The lowest BCUT2D eigenvalue weighted by molar-refractivity contribution is 0.232. The molecule has 5 heteroatoms. The number of nitriles is 1. The van der Waals surface area contributed by atoms with E-state index in [1.54, 1.807) is 7.05 Å². The fourth-order valence-electron chi connectivity index (χ4n) is 2.90. The van der Waals surface area contributed by atoms with Gasteiger partial charge in [-0.15, -0.1) is 0 Å². The lowest BCUT2D eigenvalue weighted by Gasteiger charge is -2.28. The molecule has 0 bridgehead atoms. The fourth-order valence-corrected chi connectivity index (χ4v) is 2.90. The molecule has 0 spiro atoms. The highest BCUT2D eigenvalue weighted by molar-refractivity contribution is 5.24. The lowest BCUT2D eigenvalue weighted by Crippen LogP contribution is -2.45. The maximum atomic E-state index is 13.4. The topological polar surface area (TPSA) is 45.0 Å². The van der Waals surface area contributed by atoms with Crippen LogP contribution in [0.15, 0.2) is 18.2 Å². The number of benzene rings is 1. The van der Waals surface area contributed by atoms with Crippen molar-refractivity contribution in [3.63, 3.8) is 0 Å². The number of nitrogens with one attached hydrogen (secondary N) is 1. The van der Waals surface area contributed by atoms with E-state index in [0.29, 0.717) is 13.0 Å². The molecule has 1 aliphatic carbocycles. The van der Waals surface area contributed by atoms with Crippen molar-refractivity contribution in [3.05, 3.63) is 29.8 Å². The van der Waals surface area contributed by atoms with E-state index in [4.69, 9.17) is 4.74 Å². The van der Waals surface area contributed by atoms with Crippen LogP contribution >= 0.6 is 0 Å². The molecule has 0 saturated heterocycles. The summed E-state index contributed by atoms with van der Waals surface area (Å²) in [5, 5.41) is 12.4. The van der Waals surface area contributed by atoms with Crippen molar-refractivity contribution in [3.8, 4) is 11.8 Å². The van der Waals surface area contributed by atoms with Gasteiger partial charge in [-0.2, -0.15) is 5.26 Å². The van der Waals surface area contributed by atoms with E-state index in [9.17, 15) is 14.0 Å². The summed E-state index contributed by atoms with van der Waals surface area (Å²) in [5.74, 6) is -1.07. The third-order valence-corrected chi connectivity index (χ3v) is 4.08. The number of rotatable bonds is 5. The summed E-state index contributed by atoms with van der Waals surface area (Å²) in [6.45, 7) is 0.318. The van der Waals surface area contributed by atoms with Crippen LogP contribution in [0.2, 0.25) is 0 Å². The van der Waals surface area contributed by atoms with Gasteiger partial charge in [-0.05, 0) is 44.4 Å². The number of ether oxygens (including phenoxy) is 1. The molecule has 1 saturated carbocycles. The predicted octanol–water partition coefficient (Wildman–Crippen LogP) is 3.02. The van der Waals surface area contributed by atoms with Crippen LogP contribution in [0.3, 0.4) is 0 Å². The van der Waals surface area contributed by atoms with E-state index in [1.165, 1.54) is 12.1 Å². The van der Waals surface area contributed by atoms with Gasteiger partial charge in [0, 0.05) is 6.07 Å². The van der Waals surface area contributed by atoms with E-state index in [0.717, 1.165) is 25.3 Å². The average molecular weight is 280 g/mol. The van der Waals surface area contributed by atoms with Crippen LogP contribution in [0, 0.1) is 28.9 Å². The molecule has 1 aromatic carbocycles. The van der Waals surface area contributed by atoms with Crippen LogP contribution in [0.1, 0.15) is 25.7 Å². The number of hydrogen-bond acceptors (Lipinski definition) is 3. The monoisotopic (exact) mass is 280 g/mol. The Balaban J connectivity index is 1.91. The zero-order chi connectivity index (χ0) is 14.6. The summed E-state index contributed by atoms with van der Waals surface area (Å²) in [4.78, 5) is 0. The molecular formula is C15H18F2N2O.